The van der Waals surface area contributed by atoms with Gasteiger partial charge < -0.3 is 20.2 Å². The maximum atomic E-state index is 13.2. The second-order valence-electron chi connectivity index (χ2n) is 4.44. The zero-order chi connectivity index (χ0) is 15.1. The van der Waals surface area contributed by atoms with Crippen molar-refractivity contribution in [3.05, 3.63) is 53.7 Å². The summed E-state index contributed by atoms with van der Waals surface area (Å²) in [4.78, 5) is 11.8. The van der Waals surface area contributed by atoms with Crippen LogP contribution in [0.4, 0.5) is 10.1 Å². The molecule has 0 bridgehead atoms. The number of rotatable bonds is 7. The number of ether oxygens (including phenoxy) is 1. The Hall–Kier alpha value is -2.34. The second kappa shape index (κ2) is 7.44. The van der Waals surface area contributed by atoms with Gasteiger partial charge in [-0.25, -0.2) is 4.39 Å². The highest BCUT2D eigenvalue weighted by molar-refractivity contribution is 5.99. The average Bonchev–Trinajstić information content (AvgIpc) is 2.98. The van der Waals surface area contributed by atoms with Crippen LogP contribution in [0.15, 0.2) is 41.0 Å². The van der Waals surface area contributed by atoms with Crippen molar-refractivity contribution in [1.29, 1.82) is 0 Å². The summed E-state index contributed by atoms with van der Waals surface area (Å²) in [6, 6.07) is 7.78. The van der Waals surface area contributed by atoms with Gasteiger partial charge in [0, 0.05) is 13.2 Å². The molecule has 0 radical (unpaired) electrons. The number of carbonyl (C=O) groups excluding carboxylic acids is 1. The van der Waals surface area contributed by atoms with E-state index in [1.54, 1.807) is 12.3 Å². The first-order valence-electron chi connectivity index (χ1n) is 6.61. The molecule has 1 aromatic heterocycles. The van der Waals surface area contributed by atoms with E-state index in [-0.39, 0.29) is 11.3 Å². The molecule has 2 rings (SSSR count). The van der Waals surface area contributed by atoms with Crippen LogP contribution in [0.1, 0.15) is 22.5 Å². The molecule has 5 nitrogen and oxygen atoms in total. The van der Waals surface area contributed by atoms with Gasteiger partial charge in [-0.05, 0) is 30.7 Å². The van der Waals surface area contributed by atoms with Crippen molar-refractivity contribution in [2.45, 2.75) is 13.0 Å². The third-order valence-corrected chi connectivity index (χ3v) is 2.87. The maximum Gasteiger partial charge on any atom is 0.253 e. The van der Waals surface area contributed by atoms with Gasteiger partial charge in [0.2, 0.25) is 0 Å². The first-order valence-corrected chi connectivity index (χ1v) is 6.61. The molecule has 0 saturated heterocycles. The lowest BCUT2D eigenvalue weighted by atomic mass is 10.1. The van der Waals surface area contributed by atoms with Crippen LogP contribution in [-0.4, -0.2) is 19.1 Å². The number of benzene rings is 1. The summed E-state index contributed by atoms with van der Waals surface area (Å²) in [5.41, 5.74) is 5.53. The fourth-order valence-corrected chi connectivity index (χ4v) is 1.77. The topological polar surface area (TPSA) is 77.5 Å². The summed E-state index contributed by atoms with van der Waals surface area (Å²) in [7, 11) is 0. The van der Waals surface area contributed by atoms with E-state index in [1.165, 1.54) is 18.2 Å². The SMILES string of the molecule is Nc1c(F)cccc1C(=O)NCCCOCc1ccco1. The third-order valence-electron chi connectivity index (χ3n) is 2.87. The first-order chi connectivity index (χ1) is 10.2. The summed E-state index contributed by atoms with van der Waals surface area (Å²) in [5.74, 6) is -0.228. The van der Waals surface area contributed by atoms with Crippen LogP contribution in [0.3, 0.4) is 0 Å². The number of anilines is 1. The number of hydrogen-bond donors (Lipinski definition) is 2. The van der Waals surface area contributed by atoms with E-state index in [1.807, 2.05) is 6.07 Å². The molecule has 0 atom stereocenters. The van der Waals surface area contributed by atoms with Crippen molar-refractivity contribution in [2.75, 3.05) is 18.9 Å². The van der Waals surface area contributed by atoms with E-state index in [2.05, 4.69) is 5.32 Å². The molecule has 2 aromatic rings. The standard InChI is InChI=1S/C15H17FN2O3/c16-13-6-1-5-12(14(13)17)15(19)18-7-3-8-20-10-11-4-2-9-21-11/h1-2,4-6,9H,3,7-8,10,17H2,(H,18,19). The summed E-state index contributed by atoms with van der Waals surface area (Å²) < 4.78 is 23.7. The van der Waals surface area contributed by atoms with Gasteiger partial charge in [0.05, 0.1) is 17.5 Å². The minimum Gasteiger partial charge on any atom is -0.467 e. The predicted octanol–water partition coefficient (Wildman–Crippen LogP) is 2.34. The highest BCUT2D eigenvalue weighted by Crippen LogP contribution is 2.15. The van der Waals surface area contributed by atoms with Gasteiger partial charge in [-0.15, -0.1) is 0 Å². The van der Waals surface area contributed by atoms with E-state index >= 15 is 0 Å². The molecular weight excluding hydrogens is 275 g/mol. The number of nitrogens with one attached hydrogen (secondary N) is 1. The second-order valence-corrected chi connectivity index (χ2v) is 4.44. The van der Waals surface area contributed by atoms with Crippen LogP contribution in [0.5, 0.6) is 0 Å². The summed E-state index contributed by atoms with van der Waals surface area (Å²) in [5, 5.41) is 2.67. The number of amides is 1. The van der Waals surface area contributed by atoms with Gasteiger partial charge in [0.1, 0.15) is 18.2 Å². The molecular formula is C15H17FN2O3. The minimum atomic E-state index is -0.593. The monoisotopic (exact) mass is 292 g/mol. The number of nitrogen functional groups attached to an aromatic ring is 1. The van der Waals surface area contributed by atoms with E-state index in [9.17, 15) is 9.18 Å². The van der Waals surface area contributed by atoms with Crippen LogP contribution in [0.25, 0.3) is 0 Å². The van der Waals surface area contributed by atoms with Gasteiger partial charge in [-0.3, -0.25) is 4.79 Å². The van der Waals surface area contributed by atoms with Crippen molar-refractivity contribution < 1.29 is 18.3 Å². The van der Waals surface area contributed by atoms with Crippen molar-refractivity contribution in [3.8, 4) is 0 Å². The smallest absolute Gasteiger partial charge is 0.253 e. The molecule has 1 aromatic carbocycles. The Labute approximate surface area is 121 Å². The molecule has 0 fully saturated rings. The quantitative estimate of drug-likeness (QED) is 0.606. The van der Waals surface area contributed by atoms with Gasteiger partial charge in [0.25, 0.3) is 5.91 Å². The molecule has 0 saturated carbocycles. The molecule has 112 valence electrons. The number of halogens is 1. The van der Waals surface area contributed by atoms with Gasteiger partial charge in [-0.2, -0.15) is 0 Å². The van der Waals surface area contributed by atoms with E-state index in [0.29, 0.717) is 26.2 Å². The van der Waals surface area contributed by atoms with E-state index < -0.39 is 11.7 Å². The number of nitrogens with two attached hydrogens (primary N) is 1. The fraction of sp³-hybridized carbons (Fsp3) is 0.267. The molecule has 6 heteroatoms. The van der Waals surface area contributed by atoms with Crippen LogP contribution in [0.2, 0.25) is 0 Å². The molecule has 0 aliphatic carbocycles. The molecule has 1 amide bonds. The first kappa shape index (κ1) is 15.1. The van der Waals surface area contributed by atoms with Gasteiger partial charge in [0.15, 0.2) is 0 Å². The molecule has 0 aliphatic rings. The van der Waals surface area contributed by atoms with Crippen LogP contribution < -0.4 is 11.1 Å². The molecule has 1 heterocycles. The van der Waals surface area contributed by atoms with Crippen molar-refractivity contribution in [3.63, 3.8) is 0 Å². The maximum absolute atomic E-state index is 13.2. The lowest BCUT2D eigenvalue weighted by Crippen LogP contribution is -2.26. The predicted molar refractivity (Wildman–Crippen MR) is 76.1 cm³/mol. The lowest BCUT2D eigenvalue weighted by molar-refractivity contribution is 0.0917. The van der Waals surface area contributed by atoms with Gasteiger partial charge in [-0.1, -0.05) is 6.07 Å². The minimum absolute atomic E-state index is 0.135. The average molecular weight is 292 g/mol. The number of para-hydroxylation sites is 1. The Kier molecular flexibility index (Phi) is 5.34. The van der Waals surface area contributed by atoms with Crippen LogP contribution in [0, 0.1) is 5.82 Å². The highest BCUT2D eigenvalue weighted by Gasteiger charge is 2.11. The molecule has 21 heavy (non-hydrogen) atoms. The summed E-state index contributed by atoms with van der Waals surface area (Å²) in [6.45, 7) is 1.31. The van der Waals surface area contributed by atoms with E-state index in [0.717, 1.165) is 5.76 Å². The normalized spacial score (nSPS) is 10.5. The Morgan fingerprint density at radius 1 is 1.33 bits per heavy atom. The molecule has 0 aliphatic heterocycles. The zero-order valence-electron chi connectivity index (χ0n) is 11.5. The van der Waals surface area contributed by atoms with Crippen LogP contribution >= 0.6 is 0 Å². The Bertz CT molecular complexity index is 585. The number of carbonyl (C=O) groups is 1. The van der Waals surface area contributed by atoms with Crippen molar-refractivity contribution >= 4 is 11.6 Å². The molecule has 0 unspecified atom stereocenters. The van der Waals surface area contributed by atoms with Crippen molar-refractivity contribution in [2.24, 2.45) is 0 Å². The highest BCUT2D eigenvalue weighted by atomic mass is 19.1. The largest absolute Gasteiger partial charge is 0.467 e. The molecule has 0 spiro atoms. The zero-order valence-corrected chi connectivity index (χ0v) is 11.5. The Morgan fingerprint density at radius 2 is 2.19 bits per heavy atom. The fourth-order valence-electron chi connectivity index (χ4n) is 1.77. The molecule has 3 N–H and O–H groups in total. The van der Waals surface area contributed by atoms with Crippen molar-refractivity contribution in [1.82, 2.24) is 5.32 Å². The van der Waals surface area contributed by atoms with E-state index in [4.69, 9.17) is 14.9 Å². The lowest BCUT2D eigenvalue weighted by Gasteiger charge is -2.08. The summed E-state index contributed by atoms with van der Waals surface area (Å²) in [6.07, 6.45) is 2.23. The summed E-state index contributed by atoms with van der Waals surface area (Å²) >= 11 is 0. The van der Waals surface area contributed by atoms with Crippen LogP contribution in [-0.2, 0) is 11.3 Å². The Balaban J connectivity index is 1.66. The Morgan fingerprint density at radius 3 is 2.95 bits per heavy atom. The van der Waals surface area contributed by atoms with Gasteiger partial charge >= 0.3 is 0 Å². The number of furan rings is 1. The third kappa shape index (κ3) is 4.32. The number of hydrogen-bond acceptors (Lipinski definition) is 4.